The third kappa shape index (κ3) is 4.04. The predicted octanol–water partition coefficient (Wildman–Crippen LogP) is 2.25. The summed E-state index contributed by atoms with van der Waals surface area (Å²) in [7, 11) is 0. The van der Waals surface area contributed by atoms with Gasteiger partial charge in [-0.25, -0.2) is 4.98 Å². The van der Waals surface area contributed by atoms with E-state index < -0.39 is 0 Å². The van der Waals surface area contributed by atoms with E-state index in [1.165, 1.54) is 5.01 Å². The third-order valence-electron chi connectivity index (χ3n) is 2.25. The van der Waals surface area contributed by atoms with E-state index in [0.29, 0.717) is 12.5 Å². The number of hydrogen-bond acceptors (Lipinski definition) is 4. The minimum atomic E-state index is 0.176. The number of aliphatic hydroxyl groups excluding tert-OH is 1. The van der Waals surface area contributed by atoms with Gasteiger partial charge >= 0.3 is 0 Å². The van der Waals surface area contributed by atoms with Gasteiger partial charge in [0.2, 0.25) is 0 Å². The summed E-state index contributed by atoms with van der Waals surface area (Å²) in [5.41, 5.74) is 1.09. The summed E-state index contributed by atoms with van der Waals surface area (Å²) in [5.74, 6) is 0.490. The Labute approximate surface area is 101 Å². The normalized spacial score (nSPS) is 11.3. The zero-order valence-corrected chi connectivity index (χ0v) is 10.8. The van der Waals surface area contributed by atoms with Crippen molar-refractivity contribution in [3.05, 3.63) is 28.7 Å². The first-order valence-corrected chi connectivity index (χ1v) is 6.43. The van der Waals surface area contributed by atoms with Crippen LogP contribution in [0.3, 0.4) is 0 Å². The Kier molecular flexibility index (Phi) is 5.66. The summed E-state index contributed by atoms with van der Waals surface area (Å²) in [6, 6.07) is 0. The Bertz CT molecular complexity index is 323. The molecule has 1 N–H and O–H groups in total. The van der Waals surface area contributed by atoms with E-state index in [4.69, 9.17) is 5.11 Å². The molecule has 0 atom stereocenters. The van der Waals surface area contributed by atoms with Gasteiger partial charge in [-0.1, -0.05) is 19.9 Å². The molecule has 0 fully saturated rings. The van der Waals surface area contributed by atoms with Crippen LogP contribution >= 0.6 is 11.3 Å². The number of aromatic nitrogens is 1. The van der Waals surface area contributed by atoms with Crippen LogP contribution in [0.4, 0.5) is 0 Å². The highest BCUT2D eigenvalue weighted by Gasteiger charge is 2.09. The molecule has 1 aromatic rings. The van der Waals surface area contributed by atoms with Gasteiger partial charge in [0.15, 0.2) is 0 Å². The molecule has 0 aliphatic carbocycles. The van der Waals surface area contributed by atoms with Crippen LogP contribution in [0.1, 0.15) is 30.5 Å². The van der Waals surface area contributed by atoms with Gasteiger partial charge in [0.1, 0.15) is 0 Å². The van der Waals surface area contributed by atoms with Crippen molar-refractivity contribution in [2.24, 2.45) is 0 Å². The molecule has 4 heteroatoms. The molecule has 16 heavy (non-hydrogen) atoms. The third-order valence-corrected chi connectivity index (χ3v) is 3.45. The molecule has 3 nitrogen and oxygen atoms in total. The lowest BCUT2D eigenvalue weighted by Crippen LogP contribution is -2.26. The summed E-state index contributed by atoms with van der Waals surface area (Å²) >= 11 is 1.71. The Morgan fingerprint density at radius 2 is 2.38 bits per heavy atom. The fourth-order valence-corrected chi connectivity index (χ4v) is 2.27. The van der Waals surface area contributed by atoms with Gasteiger partial charge in [-0.05, 0) is 0 Å². The highest BCUT2D eigenvalue weighted by Crippen LogP contribution is 2.19. The molecule has 0 radical (unpaired) electrons. The summed E-state index contributed by atoms with van der Waals surface area (Å²) < 4.78 is 0. The molecule has 0 aliphatic rings. The molecule has 0 aliphatic heterocycles. The van der Waals surface area contributed by atoms with Gasteiger partial charge in [-0.2, -0.15) is 0 Å². The fraction of sp³-hybridized carbons (Fsp3) is 0.583. The van der Waals surface area contributed by atoms with Gasteiger partial charge < -0.3 is 5.11 Å². The van der Waals surface area contributed by atoms with Crippen molar-refractivity contribution < 1.29 is 5.11 Å². The highest BCUT2D eigenvalue weighted by atomic mass is 32.1. The average Bonchev–Trinajstić information content (AvgIpc) is 2.67. The first-order chi connectivity index (χ1) is 7.67. The summed E-state index contributed by atoms with van der Waals surface area (Å²) in [5, 5.41) is 12.2. The SMILES string of the molecule is C=CCN(CCO)Cc1csc(C(C)C)n1. The quantitative estimate of drug-likeness (QED) is 0.743. The molecule has 0 aromatic carbocycles. The maximum atomic E-state index is 8.94. The molecule has 0 unspecified atom stereocenters. The maximum Gasteiger partial charge on any atom is 0.0954 e. The van der Waals surface area contributed by atoms with E-state index >= 15 is 0 Å². The van der Waals surface area contributed by atoms with Gasteiger partial charge in [-0.15, -0.1) is 17.9 Å². The monoisotopic (exact) mass is 240 g/mol. The van der Waals surface area contributed by atoms with Crippen molar-refractivity contribution in [2.45, 2.75) is 26.3 Å². The van der Waals surface area contributed by atoms with Gasteiger partial charge in [0.25, 0.3) is 0 Å². The zero-order valence-electron chi connectivity index (χ0n) is 10.0. The van der Waals surface area contributed by atoms with Crippen LogP contribution < -0.4 is 0 Å². The summed E-state index contributed by atoms with van der Waals surface area (Å²) in [6.45, 7) is 10.4. The number of aliphatic hydroxyl groups is 1. The van der Waals surface area contributed by atoms with E-state index in [2.05, 4.69) is 35.7 Å². The molecule has 0 bridgehead atoms. The number of hydrogen-bond donors (Lipinski definition) is 1. The van der Waals surface area contributed by atoms with Crippen LogP contribution in [0, 0.1) is 0 Å². The first kappa shape index (κ1) is 13.4. The molecule has 0 spiro atoms. The Hall–Kier alpha value is -0.710. The van der Waals surface area contributed by atoms with Crippen molar-refractivity contribution in [1.29, 1.82) is 0 Å². The van der Waals surface area contributed by atoms with Gasteiger partial charge in [0.05, 0.1) is 17.3 Å². The second-order valence-corrected chi connectivity index (χ2v) is 4.97. The number of thiazole rings is 1. The smallest absolute Gasteiger partial charge is 0.0954 e. The lowest BCUT2D eigenvalue weighted by atomic mass is 10.2. The van der Waals surface area contributed by atoms with Crippen LogP contribution in [-0.4, -0.2) is 34.7 Å². The highest BCUT2D eigenvalue weighted by molar-refractivity contribution is 7.09. The van der Waals surface area contributed by atoms with Gasteiger partial charge in [-0.3, -0.25) is 4.90 Å². The Morgan fingerprint density at radius 1 is 1.62 bits per heavy atom. The molecule has 90 valence electrons. The number of rotatable bonds is 7. The van der Waals surface area contributed by atoms with Crippen LogP contribution in [0.2, 0.25) is 0 Å². The minimum Gasteiger partial charge on any atom is -0.395 e. The van der Waals surface area contributed by atoms with Crippen LogP contribution in [0.15, 0.2) is 18.0 Å². The molecular formula is C12H20N2OS. The lowest BCUT2D eigenvalue weighted by Gasteiger charge is -2.17. The van der Waals surface area contributed by atoms with Crippen LogP contribution in [0.25, 0.3) is 0 Å². The molecule has 0 saturated carbocycles. The molecule has 0 amide bonds. The average molecular weight is 240 g/mol. The molecule has 1 aromatic heterocycles. The van der Waals surface area contributed by atoms with E-state index in [9.17, 15) is 0 Å². The topological polar surface area (TPSA) is 36.4 Å². The van der Waals surface area contributed by atoms with E-state index in [1.54, 1.807) is 11.3 Å². The van der Waals surface area contributed by atoms with Crippen molar-refractivity contribution in [3.8, 4) is 0 Å². The predicted molar refractivity (Wildman–Crippen MR) is 68.8 cm³/mol. The van der Waals surface area contributed by atoms with E-state index in [-0.39, 0.29) is 6.61 Å². The fourth-order valence-electron chi connectivity index (χ4n) is 1.45. The lowest BCUT2D eigenvalue weighted by molar-refractivity contribution is 0.202. The minimum absolute atomic E-state index is 0.176. The van der Waals surface area contributed by atoms with Crippen molar-refractivity contribution in [2.75, 3.05) is 19.7 Å². The Morgan fingerprint density at radius 3 is 2.88 bits per heavy atom. The molecular weight excluding hydrogens is 220 g/mol. The standard InChI is InChI=1S/C12H20N2OS/c1-4-5-14(6-7-15)8-11-9-16-12(13-11)10(2)3/h4,9-10,15H,1,5-8H2,2-3H3. The molecule has 1 heterocycles. The number of nitrogens with zero attached hydrogens (tertiary/aromatic N) is 2. The molecule has 0 saturated heterocycles. The molecule has 1 rings (SSSR count). The zero-order chi connectivity index (χ0) is 12.0. The maximum absolute atomic E-state index is 8.94. The second kappa shape index (κ2) is 6.78. The summed E-state index contributed by atoms with van der Waals surface area (Å²) in [6.07, 6.45) is 1.85. The van der Waals surface area contributed by atoms with E-state index in [1.807, 2.05) is 6.08 Å². The van der Waals surface area contributed by atoms with Crippen molar-refractivity contribution >= 4 is 11.3 Å². The van der Waals surface area contributed by atoms with Crippen LogP contribution in [0.5, 0.6) is 0 Å². The Balaban J connectivity index is 2.58. The van der Waals surface area contributed by atoms with Crippen LogP contribution in [-0.2, 0) is 6.54 Å². The van der Waals surface area contributed by atoms with Gasteiger partial charge in [0, 0.05) is 30.9 Å². The first-order valence-electron chi connectivity index (χ1n) is 5.55. The largest absolute Gasteiger partial charge is 0.395 e. The van der Waals surface area contributed by atoms with E-state index in [0.717, 1.165) is 18.8 Å². The second-order valence-electron chi connectivity index (χ2n) is 4.08. The van der Waals surface area contributed by atoms with Crippen molar-refractivity contribution in [1.82, 2.24) is 9.88 Å². The van der Waals surface area contributed by atoms with Crippen molar-refractivity contribution in [3.63, 3.8) is 0 Å². The summed E-state index contributed by atoms with van der Waals surface area (Å²) in [4.78, 5) is 6.71.